The van der Waals surface area contributed by atoms with Crippen LogP contribution in [-0.2, 0) is 0 Å². The molecule has 2 rings (SSSR count). The standard InChI is InChI=1S/C9H11N3/c1-11-6-7-12(8-11)9-2-4-10-5-3-9/h2-7H,8H2,1H3. The second-order valence-electron chi connectivity index (χ2n) is 2.87. The first-order valence-corrected chi connectivity index (χ1v) is 3.91. The van der Waals surface area contributed by atoms with Gasteiger partial charge >= 0.3 is 0 Å². The Morgan fingerprint density at radius 3 is 2.58 bits per heavy atom. The number of pyridine rings is 1. The smallest absolute Gasteiger partial charge is 0.0938 e. The van der Waals surface area contributed by atoms with Crippen molar-refractivity contribution in [1.82, 2.24) is 9.88 Å². The van der Waals surface area contributed by atoms with Crippen molar-refractivity contribution in [2.24, 2.45) is 0 Å². The minimum Gasteiger partial charge on any atom is -0.361 e. The summed E-state index contributed by atoms with van der Waals surface area (Å²) < 4.78 is 0. The Morgan fingerprint density at radius 1 is 1.25 bits per heavy atom. The molecule has 0 saturated heterocycles. The van der Waals surface area contributed by atoms with Crippen LogP contribution in [0.2, 0.25) is 0 Å². The highest BCUT2D eigenvalue weighted by molar-refractivity contribution is 5.48. The molecule has 0 N–H and O–H groups in total. The molecule has 62 valence electrons. The molecule has 0 radical (unpaired) electrons. The van der Waals surface area contributed by atoms with E-state index in [1.54, 1.807) is 0 Å². The monoisotopic (exact) mass is 161 g/mol. The molecule has 1 aliphatic rings. The van der Waals surface area contributed by atoms with Crippen LogP contribution in [0.15, 0.2) is 36.9 Å². The second-order valence-corrected chi connectivity index (χ2v) is 2.87. The minimum absolute atomic E-state index is 0.921. The molecule has 0 bridgehead atoms. The predicted octanol–water partition coefficient (Wildman–Crippen LogP) is 1.26. The Kier molecular flexibility index (Phi) is 1.70. The summed E-state index contributed by atoms with van der Waals surface area (Å²) in [6.45, 7) is 0.921. The van der Waals surface area contributed by atoms with Crippen LogP contribution in [0.4, 0.5) is 5.69 Å². The van der Waals surface area contributed by atoms with Gasteiger partial charge in [-0.1, -0.05) is 0 Å². The van der Waals surface area contributed by atoms with Crippen molar-refractivity contribution in [3.63, 3.8) is 0 Å². The lowest BCUT2D eigenvalue weighted by Crippen LogP contribution is -2.21. The highest BCUT2D eigenvalue weighted by Crippen LogP contribution is 2.16. The van der Waals surface area contributed by atoms with Crippen molar-refractivity contribution in [3.05, 3.63) is 36.9 Å². The zero-order valence-corrected chi connectivity index (χ0v) is 7.01. The number of nitrogens with zero attached hydrogens (tertiary/aromatic N) is 3. The van der Waals surface area contributed by atoms with Gasteiger partial charge in [0.1, 0.15) is 0 Å². The van der Waals surface area contributed by atoms with Crippen molar-refractivity contribution in [2.75, 3.05) is 18.6 Å². The van der Waals surface area contributed by atoms with Gasteiger partial charge in [-0.25, -0.2) is 0 Å². The van der Waals surface area contributed by atoms with E-state index in [9.17, 15) is 0 Å². The van der Waals surface area contributed by atoms with Crippen molar-refractivity contribution < 1.29 is 0 Å². The molecule has 0 unspecified atom stereocenters. The van der Waals surface area contributed by atoms with Gasteiger partial charge in [0, 0.05) is 37.5 Å². The summed E-state index contributed by atoms with van der Waals surface area (Å²) in [6.07, 6.45) is 7.73. The maximum absolute atomic E-state index is 3.97. The molecule has 3 heteroatoms. The second kappa shape index (κ2) is 2.85. The average molecular weight is 161 g/mol. The van der Waals surface area contributed by atoms with Crippen LogP contribution in [0.1, 0.15) is 0 Å². The maximum Gasteiger partial charge on any atom is 0.0938 e. The summed E-state index contributed by atoms with van der Waals surface area (Å²) in [4.78, 5) is 8.27. The van der Waals surface area contributed by atoms with Gasteiger partial charge < -0.3 is 9.80 Å². The molecule has 0 fully saturated rings. The van der Waals surface area contributed by atoms with Crippen LogP contribution in [0, 0.1) is 0 Å². The lowest BCUT2D eigenvalue weighted by atomic mass is 10.4. The first-order valence-electron chi connectivity index (χ1n) is 3.91. The minimum atomic E-state index is 0.921. The van der Waals surface area contributed by atoms with E-state index in [0.717, 1.165) is 6.67 Å². The van der Waals surface area contributed by atoms with Crippen molar-refractivity contribution >= 4 is 5.69 Å². The fraction of sp³-hybridized carbons (Fsp3) is 0.222. The molecule has 0 spiro atoms. The Hall–Kier alpha value is -1.51. The quantitative estimate of drug-likeness (QED) is 0.618. The Labute approximate surface area is 71.9 Å². The van der Waals surface area contributed by atoms with Gasteiger partial charge in [-0.05, 0) is 12.1 Å². The van der Waals surface area contributed by atoms with Crippen LogP contribution >= 0.6 is 0 Å². The molecule has 12 heavy (non-hydrogen) atoms. The fourth-order valence-electron chi connectivity index (χ4n) is 1.23. The zero-order valence-electron chi connectivity index (χ0n) is 7.01. The number of hydrogen-bond acceptors (Lipinski definition) is 3. The lowest BCUT2D eigenvalue weighted by Gasteiger charge is -2.17. The van der Waals surface area contributed by atoms with Gasteiger partial charge in [-0.3, -0.25) is 4.98 Å². The molecule has 1 aromatic heterocycles. The van der Waals surface area contributed by atoms with Gasteiger partial charge in [-0.2, -0.15) is 0 Å². The first-order chi connectivity index (χ1) is 5.86. The molecule has 3 nitrogen and oxygen atoms in total. The molecule has 0 saturated carbocycles. The molecular weight excluding hydrogens is 150 g/mol. The van der Waals surface area contributed by atoms with E-state index in [1.165, 1.54) is 5.69 Å². The lowest BCUT2D eigenvalue weighted by molar-refractivity contribution is 0.495. The predicted molar refractivity (Wildman–Crippen MR) is 48.5 cm³/mol. The van der Waals surface area contributed by atoms with Crippen LogP contribution in [0.5, 0.6) is 0 Å². The first kappa shape index (κ1) is 7.16. The number of hydrogen-bond donors (Lipinski definition) is 0. The van der Waals surface area contributed by atoms with Gasteiger partial charge in [-0.15, -0.1) is 0 Å². The molecular formula is C9H11N3. The maximum atomic E-state index is 3.97. The van der Waals surface area contributed by atoms with Crippen molar-refractivity contribution in [3.8, 4) is 0 Å². The molecule has 0 aliphatic carbocycles. The highest BCUT2D eigenvalue weighted by Gasteiger charge is 2.08. The van der Waals surface area contributed by atoms with Crippen LogP contribution in [0.25, 0.3) is 0 Å². The largest absolute Gasteiger partial charge is 0.361 e. The highest BCUT2D eigenvalue weighted by atomic mass is 15.3. The molecule has 1 aliphatic heterocycles. The van der Waals surface area contributed by atoms with Crippen molar-refractivity contribution in [1.29, 1.82) is 0 Å². The van der Waals surface area contributed by atoms with E-state index < -0.39 is 0 Å². The molecule has 0 atom stereocenters. The summed E-state index contributed by atoms with van der Waals surface area (Å²) in [6, 6.07) is 4.01. The molecule has 2 heterocycles. The van der Waals surface area contributed by atoms with Gasteiger partial charge in [0.15, 0.2) is 0 Å². The van der Waals surface area contributed by atoms with Gasteiger partial charge in [0.05, 0.1) is 6.67 Å². The summed E-state index contributed by atoms with van der Waals surface area (Å²) in [7, 11) is 2.05. The van der Waals surface area contributed by atoms with E-state index >= 15 is 0 Å². The summed E-state index contributed by atoms with van der Waals surface area (Å²) in [5.74, 6) is 0. The van der Waals surface area contributed by atoms with Crippen LogP contribution < -0.4 is 4.90 Å². The van der Waals surface area contributed by atoms with E-state index in [1.807, 2.05) is 24.5 Å². The summed E-state index contributed by atoms with van der Waals surface area (Å²) >= 11 is 0. The van der Waals surface area contributed by atoms with E-state index in [2.05, 4.69) is 34.2 Å². The summed E-state index contributed by atoms with van der Waals surface area (Å²) in [5, 5.41) is 0. The third-order valence-corrected chi connectivity index (χ3v) is 1.87. The van der Waals surface area contributed by atoms with Crippen LogP contribution in [-0.4, -0.2) is 23.6 Å². The van der Waals surface area contributed by atoms with Gasteiger partial charge in [0.25, 0.3) is 0 Å². The fourth-order valence-corrected chi connectivity index (χ4v) is 1.23. The van der Waals surface area contributed by atoms with E-state index in [4.69, 9.17) is 0 Å². The SMILES string of the molecule is CN1C=CN(c2ccncc2)C1. The number of aromatic nitrogens is 1. The Bertz CT molecular complexity index is 281. The zero-order chi connectivity index (χ0) is 8.39. The van der Waals surface area contributed by atoms with E-state index in [0.29, 0.717) is 0 Å². The van der Waals surface area contributed by atoms with Crippen LogP contribution in [0.3, 0.4) is 0 Å². The third-order valence-electron chi connectivity index (χ3n) is 1.87. The summed E-state index contributed by atoms with van der Waals surface area (Å²) in [5.41, 5.74) is 1.19. The van der Waals surface area contributed by atoms with Crippen molar-refractivity contribution in [2.45, 2.75) is 0 Å². The number of anilines is 1. The molecule has 0 aromatic carbocycles. The molecule has 1 aromatic rings. The number of rotatable bonds is 1. The average Bonchev–Trinajstić information content (AvgIpc) is 2.54. The van der Waals surface area contributed by atoms with E-state index in [-0.39, 0.29) is 0 Å². The molecule has 0 amide bonds. The Balaban J connectivity index is 2.18. The Morgan fingerprint density at radius 2 is 2.00 bits per heavy atom. The normalized spacial score (nSPS) is 15.8. The third kappa shape index (κ3) is 1.25. The topological polar surface area (TPSA) is 19.4 Å². The van der Waals surface area contributed by atoms with Gasteiger partial charge in [0.2, 0.25) is 0 Å².